The molecule has 0 bridgehead atoms. The number of H-pyrrole nitrogens is 1. The lowest BCUT2D eigenvalue weighted by Gasteiger charge is -2.37. The second kappa shape index (κ2) is 6.74. The molecule has 138 valence electrons. The molecule has 7 nitrogen and oxygen atoms in total. The maximum absolute atomic E-state index is 4.63. The van der Waals surface area contributed by atoms with Crippen LogP contribution in [-0.2, 0) is 0 Å². The number of benzene rings is 1. The van der Waals surface area contributed by atoms with Crippen molar-refractivity contribution < 1.29 is 0 Å². The minimum atomic E-state index is 0.653. The number of anilines is 1. The normalized spacial score (nSPS) is 20.0. The Kier molecular flexibility index (Phi) is 4.09. The molecule has 2 aliphatic heterocycles. The van der Waals surface area contributed by atoms with E-state index < -0.39 is 0 Å². The van der Waals surface area contributed by atoms with Crippen molar-refractivity contribution in [3.8, 4) is 22.4 Å². The number of nitrogens with zero attached hydrogens (tertiary/aromatic N) is 6. The van der Waals surface area contributed by atoms with Crippen LogP contribution in [0, 0.1) is 6.92 Å². The first-order chi connectivity index (χ1) is 13.3. The first kappa shape index (κ1) is 16.4. The maximum Gasteiger partial charge on any atom is 0.245 e. The predicted molar refractivity (Wildman–Crippen MR) is 104 cm³/mol. The van der Waals surface area contributed by atoms with E-state index in [2.05, 4.69) is 60.3 Å². The number of hydrogen-bond acceptors (Lipinski definition) is 6. The minimum Gasteiger partial charge on any atom is -0.337 e. The Morgan fingerprint density at radius 1 is 1.07 bits per heavy atom. The number of aromatic nitrogens is 5. The van der Waals surface area contributed by atoms with Crippen LogP contribution < -0.4 is 4.90 Å². The van der Waals surface area contributed by atoms with Gasteiger partial charge in [-0.3, -0.25) is 10.00 Å². The molecule has 27 heavy (non-hydrogen) atoms. The molecule has 1 unspecified atom stereocenters. The van der Waals surface area contributed by atoms with Crippen molar-refractivity contribution in [2.75, 3.05) is 31.1 Å². The number of fused-ring (bicyclic) bond motifs is 1. The van der Waals surface area contributed by atoms with Gasteiger partial charge in [0.2, 0.25) is 5.95 Å². The van der Waals surface area contributed by atoms with Crippen molar-refractivity contribution in [1.29, 1.82) is 0 Å². The fourth-order valence-electron chi connectivity index (χ4n) is 4.25. The summed E-state index contributed by atoms with van der Waals surface area (Å²) >= 11 is 0. The quantitative estimate of drug-likeness (QED) is 0.773. The SMILES string of the molecule is Cc1cc(-c2cn[nH]c2)ccc1-c1cnc(N2CCN3CCCC3C2)nn1. The number of piperazine rings is 1. The van der Waals surface area contributed by atoms with Crippen LogP contribution in [0.1, 0.15) is 18.4 Å². The third-order valence-electron chi connectivity index (χ3n) is 5.75. The Balaban J connectivity index is 1.36. The summed E-state index contributed by atoms with van der Waals surface area (Å²) in [7, 11) is 0. The Hall–Kier alpha value is -2.80. The molecule has 2 aromatic heterocycles. The van der Waals surface area contributed by atoms with Crippen LogP contribution in [0.3, 0.4) is 0 Å². The minimum absolute atomic E-state index is 0.653. The van der Waals surface area contributed by atoms with Crippen LogP contribution in [0.2, 0.25) is 0 Å². The molecule has 1 atom stereocenters. The highest BCUT2D eigenvalue weighted by Crippen LogP contribution is 2.27. The van der Waals surface area contributed by atoms with Crippen LogP contribution in [0.5, 0.6) is 0 Å². The molecule has 7 heteroatoms. The van der Waals surface area contributed by atoms with E-state index in [0.29, 0.717) is 6.04 Å². The van der Waals surface area contributed by atoms with Gasteiger partial charge in [0.1, 0.15) is 5.69 Å². The molecule has 1 aromatic carbocycles. The summed E-state index contributed by atoms with van der Waals surface area (Å²) in [6.45, 7) is 6.43. The molecule has 3 aromatic rings. The summed E-state index contributed by atoms with van der Waals surface area (Å²) in [5, 5.41) is 15.8. The van der Waals surface area contributed by atoms with Crippen LogP contribution >= 0.6 is 0 Å². The Morgan fingerprint density at radius 3 is 2.81 bits per heavy atom. The van der Waals surface area contributed by atoms with Gasteiger partial charge in [0.25, 0.3) is 0 Å². The van der Waals surface area contributed by atoms with Crippen molar-refractivity contribution in [3.05, 3.63) is 42.4 Å². The average molecular weight is 361 g/mol. The highest BCUT2D eigenvalue weighted by Gasteiger charge is 2.31. The molecule has 2 saturated heterocycles. The Labute approximate surface area is 158 Å². The molecular weight excluding hydrogens is 338 g/mol. The lowest BCUT2D eigenvalue weighted by atomic mass is 10.0. The van der Waals surface area contributed by atoms with Crippen molar-refractivity contribution in [3.63, 3.8) is 0 Å². The predicted octanol–water partition coefficient (Wildman–Crippen LogP) is 2.52. The van der Waals surface area contributed by atoms with Gasteiger partial charge in [0.05, 0.1) is 12.4 Å². The topological polar surface area (TPSA) is 73.8 Å². The van der Waals surface area contributed by atoms with Crippen molar-refractivity contribution in [2.45, 2.75) is 25.8 Å². The summed E-state index contributed by atoms with van der Waals surface area (Å²) < 4.78 is 0. The van der Waals surface area contributed by atoms with Crippen molar-refractivity contribution in [2.24, 2.45) is 0 Å². The maximum atomic E-state index is 4.63. The number of aromatic amines is 1. The van der Waals surface area contributed by atoms with E-state index in [1.807, 2.05) is 18.6 Å². The fraction of sp³-hybridized carbons (Fsp3) is 0.400. The molecule has 5 rings (SSSR count). The van der Waals surface area contributed by atoms with E-state index in [0.717, 1.165) is 53.5 Å². The van der Waals surface area contributed by atoms with Gasteiger partial charge in [0, 0.05) is 43.0 Å². The lowest BCUT2D eigenvalue weighted by molar-refractivity contribution is 0.229. The molecule has 2 aliphatic rings. The zero-order chi connectivity index (χ0) is 18.2. The molecule has 2 fully saturated rings. The van der Waals surface area contributed by atoms with Crippen LogP contribution in [-0.4, -0.2) is 62.5 Å². The van der Waals surface area contributed by atoms with Gasteiger partial charge in [-0.2, -0.15) is 5.10 Å². The van der Waals surface area contributed by atoms with Gasteiger partial charge >= 0.3 is 0 Å². The van der Waals surface area contributed by atoms with Gasteiger partial charge in [-0.25, -0.2) is 4.98 Å². The molecule has 0 radical (unpaired) electrons. The lowest BCUT2D eigenvalue weighted by Crippen LogP contribution is -2.50. The Morgan fingerprint density at radius 2 is 2.04 bits per heavy atom. The van der Waals surface area contributed by atoms with E-state index >= 15 is 0 Å². The molecule has 0 amide bonds. The number of rotatable bonds is 3. The largest absolute Gasteiger partial charge is 0.337 e. The van der Waals surface area contributed by atoms with Crippen LogP contribution in [0.15, 0.2) is 36.8 Å². The van der Waals surface area contributed by atoms with E-state index in [4.69, 9.17) is 0 Å². The molecular formula is C20H23N7. The molecule has 1 N–H and O–H groups in total. The second-order valence-corrected chi connectivity index (χ2v) is 7.44. The zero-order valence-electron chi connectivity index (χ0n) is 15.5. The first-order valence-corrected chi connectivity index (χ1v) is 9.57. The third-order valence-corrected chi connectivity index (χ3v) is 5.75. The highest BCUT2D eigenvalue weighted by molar-refractivity contribution is 5.70. The fourth-order valence-corrected chi connectivity index (χ4v) is 4.25. The van der Waals surface area contributed by atoms with Crippen LogP contribution in [0.4, 0.5) is 5.95 Å². The molecule has 0 saturated carbocycles. The van der Waals surface area contributed by atoms with Crippen molar-refractivity contribution >= 4 is 5.95 Å². The van der Waals surface area contributed by atoms with Gasteiger partial charge in [-0.1, -0.05) is 18.2 Å². The van der Waals surface area contributed by atoms with Crippen molar-refractivity contribution in [1.82, 2.24) is 30.3 Å². The van der Waals surface area contributed by atoms with E-state index in [-0.39, 0.29) is 0 Å². The second-order valence-electron chi connectivity index (χ2n) is 7.44. The van der Waals surface area contributed by atoms with E-state index in [9.17, 15) is 0 Å². The first-order valence-electron chi connectivity index (χ1n) is 9.57. The summed E-state index contributed by atoms with van der Waals surface area (Å²) in [6, 6.07) is 6.97. The molecule has 0 aliphatic carbocycles. The highest BCUT2D eigenvalue weighted by atomic mass is 15.4. The summed E-state index contributed by atoms with van der Waals surface area (Å²) in [5.74, 6) is 0.748. The number of nitrogens with one attached hydrogen (secondary N) is 1. The van der Waals surface area contributed by atoms with Gasteiger partial charge in [-0.15, -0.1) is 10.2 Å². The number of hydrogen-bond donors (Lipinski definition) is 1. The number of aryl methyl sites for hydroxylation is 1. The molecule has 0 spiro atoms. The third kappa shape index (κ3) is 3.08. The van der Waals surface area contributed by atoms with Gasteiger partial charge in [0.15, 0.2) is 0 Å². The van der Waals surface area contributed by atoms with Gasteiger partial charge in [-0.05, 0) is 37.4 Å². The summed E-state index contributed by atoms with van der Waals surface area (Å²) in [4.78, 5) is 9.49. The monoisotopic (exact) mass is 361 g/mol. The van der Waals surface area contributed by atoms with Crippen LogP contribution in [0.25, 0.3) is 22.4 Å². The van der Waals surface area contributed by atoms with E-state index in [1.54, 1.807) is 0 Å². The summed E-state index contributed by atoms with van der Waals surface area (Å²) in [5.41, 5.74) is 5.24. The smallest absolute Gasteiger partial charge is 0.245 e. The molecule has 4 heterocycles. The zero-order valence-corrected chi connectivity index (χ0v) is 15.5. The standard InChI is InChI=1S/C20H23N7/c1-14-9-15(16-10-22-23-11-16)4-5-18(14)19-12-21-20(25-24-19)27-8-7-26-6-2-3-17(26)13-27/h4-5,9-12,17H,2-3,6-8,13H2,1H3,(H,22,23). The van der Waals surface area contributed by atoms with E-state index in [1.165, 1.54) is 19.4 Å². The Bertz CT molecular complexity index is 920. The summed E-state index contributed by atoms with van der Waals surface area (Å²) in [6.07, 6.45) is 8.17. The average Bonchev–Trinajstić information content (AvgIpc) is 3.39. The van der Waals surface area contributed by atoms with Gasteiger partial charge < -0.3 is 4.90 Å².